The fourth-order valence-electron chi connectivity index (χ4n) is 3.72. The molecule has 2 rings (SSSR count). The highest BCUT2D eigenvalue weighted by Gasteiger charge is 2.35. The number of nitriles is 1. The van der Waals surface area contributed by atoms with Crippen LogP contribution in [-0.2, 0) is 4.79 Å². The lowest BCUT2D eigenvalue weighted by Crippen LogP contribution is -2.56. The van der Waals surface area contributed by atoms with Crippen molar-refractivity contribution in [3.05, 3.63) is 0 Å². The number of rotatable bonds is 4. The second kappa shape index (κ2) is 7.24. The van der Waals surface area contributed by atoms with Crippen molar-refractivity contribution in [3.8, 4) is 6.07 Å². The molecular formula is C16H28N4O. The molecule has 2 atom stereocenters. The van der Waals surface area contributed by atoms with E-state index in [9.17, 15) is 10.1 Å². The number of carbonyl (C=O) groups excluding carboxylic acids is 1. The van der Waals surface area contributed by atoms with Crippen molar-refractivity contribution in [2.45, 2.75) is 75.9 Å². The first kappa shape index (κ1) is 16.3. The average molecular weight is 292 g/mol. The Hall–Kier alpha value is -1.12. The summed E-state index contributed by atoms with van der Waals surface area (Å²) in [6.45, 7) is 3.31. The molecule has 1 saturated heterocycles. The Bertz CT molecular complexity index is 396. The first-order chi connectivity index (χ1) is 10.1. The van der Waals surface area contributed by atoms with Crippen LogP contribution in [0.5, 0.6) is 0 Å². The Morgan fingerprint density at radius 1 is 1.38 bits per heavy atom. The maximum Gasteiger partial charge on any atom is 0.235 e. The SMILES string of the molecule is CC(N)C1CCCCN1CC(=O)NC1(C#N)CCCCC1. The van der Waals surface area contributed by atoms with E-state index >= 15 is 0 Å². The lowest BCUT2D eigenvalue weighted by Gasteiger charge is -2.38. The van der Waals surface area contributed by atoms with E-state index in [-0.39, 0.29) is 18.0 Å². The number of nitrogens with one attached hydrogen (secondary N) is 1. The van der Waals surface area contributed by atoms with Crippen molar-refractivity contribution < 1.29 is 4.79 Å². The third-order valence-electron chi connectivity index (χ3n) is 4.92. The molecule has 2 aliphatic rings. The fourth-order valence-corrected chi connectivity index (χ4v) is 3.72. The van der Waals surface area contributed by atoms with Crippen LogP contribution in [0.15, 0.2) is 0 Å². The van der Waals surface area contributed by atoms with Gasteiger partial charge in [0.25, 0.3) is 0 Å². The van der Waals surface area contributed by atoms with Crippen LogP contribution in [0, 0.1) is 11.3 Å². The van der Waals surface area contributed by atoms with Crippen molar-refractivity contribution in [3.63, 3.8) is 0 Å². The number of hydrogen-bond donors (Lipinski definition) is 2. The minimum Gasteiger partial charge on any atom is -0.337 e. The van der Waals surface area contributed by atoms with Crippen LogP contribution in [0.3, 0.4) is 0 Å². The number of nitrogens with two attached hydrogens (primary N) is 1. The molecule has 118 valence electrons. The van der Waals surface area contributed by atoms with E-state index in [1.807, 2.05) is 6.92 Å². The predicted octanol–water partition coefficient (Wildman–Crippen LogP) is 1.53. The molecule has 5 nitrogen and oxygen atoms in total. The second-order valence-corrected chi connectivity index (χ2v) is 6.70. The van der Waals surface area contributed by atoms with Crippen LogP contribution >= 0.6 is 0 Å². The number of amides is 1. The molecule has 0 bridgehead atoms. The number of hydrogen-bond acceptors (Lipinski definition) is 4. The van der Waals surface area contributed by atoms with Gasteiger partial charge in [0.2, 0.25) is 5.91 Å². The summed E-state index contributed by atoms with van der Waals surface area (Å²) in [4.78, 5) is 14.6. The molecule has 2 unspecified atom stereocenters. The zero-order chi connectivity index (χ0) is 15.3. The van der Waals surface area contributed by atoms with Crippen LogP contribution in [0.25, 0.3) is 0 Å². The van der Waals surface area contributed by atoms with Crippen LogP contribution in [0.1, 0.15) is 58.3 Å². The normalized spacial score (nSPS) is 27.6. The van der Waals surface area contributed by atoms with Gasteiger partial charge in [-0.1, -0.05) is 25.7 Å². The standard InChI is InChI=1S/C16H28N4O/c1-13(18)14-7-3-6-10-20(14)11-15(21)19-16(12-17)8-4-2-5-9-16/h13-14H,2-11,18H2,1H3,(H,19,21). The smallest absolute Gasteiger partial charge is 0.235 e. The number of piperidine rings is 1. The molecule has 0 aromatic rings. The summed E-state index contributed by atoms with van der Waals surface area (Å²) in [6.07, 6.45) is 8.16. The molecule has 1 saturated carbocycles. The highest BCUT2D eigenvalue weighted by molar-refractivity contribution is 5.79. The number of likely N-dealkylation sites (tertiary alicyclic amines) is 1. The van der Waals surface area contributed by atoms with E-state index in [4.69, 9.17) is 5.73 Å². The van der Waals surface area contributed by atoms with Crippen LogP contribution < -0.4 is 11.1 Å². The van der Waals surface area contributed by atoms with Crippen molar-refractivity contribution in [1.82, 2.24) is 10.2 Å². The van der Waals surface area contributed by atoms with Gasteiger partial charge >= 0.3 is 0 Å². The van der Waals surface area contributed by atoms with E-state index in [1.165, 1.54) is 6.42 Å². The second-order valence-electron chi connectivity index (χ2n) is 6.70. The largest absolute Gasteiger partial charge is 0.337 e. The molecule has 2 fully saturated rings. The topological polar surface area (TPSA) is 82.2 Å². The van der Waals surface area contributed by atoms with Crippen molar-refractivity contribution >= 4 is 5.91 Å². The molecule has 0 radical (unpaired) electrons. The summed E-state index contributed by atoms with van der Waals surface area (Å²) in [6, 6.07) is 2.71. The Morgan fingerprint density at radius 2 is 2.10 bits per heavy atom. The maximum atomic E-state index is 12.4. The van der Waals surface area contributed by atoms with Crippen molar-refractivity contribution in [2.75, 3.05) is 13.1 Å². The van der Waals surface area contributed by atoms with Gasteiger partial charge in [0.05, 0.1) is 12.6 Å². The first-order valence-electron chi connectivity index (χ1n) is 8.28. The highest BCUT2D eigenvalue weighted by Crippen LogP contribution is 2.27. The van der Waals surface area contributed by atoms with Gasteiger partial charge in [-0.25, -0.2) is 0 Å². The van der Waals surface area contributed by atoms with Gasteiger partial charge in [-0.3, -0.25) is 9.69 Å². The zero-order valence-corrected chi connectivity index (χ0v) is 13.1. The Morgan fingerprint density at radius 3 is 2.71 bits per heavy atom. The van der Waals surface area contributed by atoms with Gasteiger partial charge in [-0.05, 0) is 39.2 Å². The van der Waals surface area contributed by atoms with Gasteiger partial charge in [-0.15, -0.1) is 0 Å². The molecule has 0 aromatic carbocycles. The molecule has 1 heterocycles. The van der Waals surface area contributed by atoms with E-state index in [0.717, 1.165) is 51.5 Å². The number of carbonyl (C=O) groups is 1. The zero-order valence-electron chi connectivity index (χ0n) is 13.1. The van der Waals surface area contributed by atoms with Gasteiger partial charge in [0, 0.05) is 12.1 Å². The summed E-state index contributed by atoms with van der Waals surface area (Å²) >= 11 is 0. The van der Waals surface area contributed by atoms with Crippen molar-refractivity contribution in [2.24, 2.45) is 5.73 Å². The van der Waals surface area contributed by atoms with Gasteiger partial charge in [0.15, 0.2) is 0 Å². The molecule has 1 aliphatic carbocycles. The average Bonchev–Trinajstić information content (AvgIpc) is 2.48. The Labute approximate surface area is 127 Å². The summed E-state index contributed by atoms with van der Waals surface area (Å²) in [7, 11) is 0. The third kappa shape index (κ3) is 4.18. The van der Waals surface area contributed by atoms with E-state index < -0.39 is 5.54 Å². The van der Waals surface area contributed by atoms with Crippen LogP contribution in [0.2, 0.25) is 0 Å². The van der Waals surface area contributed by atoms with Crippen LogP contribution in [-0.4, -0.2) is 41.5 Å². The Balaban J connectivity index is 1.92. The lowest BCUT2D eigenvalue weighted by molar-refractivity contribution is -0.125. The van der Waals surface area contributed by atoms with Gasteiger partial charge < -0.3 is 11.1 Å². The predicted molar refractivity (Wildman–Crippen MR) is 82.4 cm³/mol. The molecule has 21 heavy (non-hydrogen) atoms. The maximum absolute atomic E-state index is 12.4. The monoisotopic (exact) mass is 292 g/mol. The molecule has 0 spiro atoms. The fraction of sp³-hybridized carbons (Fsp3) is 0.875. The molecule has 0 aromatic heterocycles. The highest BCUT2D eigenvalue weighted by atomic mass is 16.2. The van der Waals surface area contributed by atoms with Crippen molar-refractivity contribution in [1.29, 1.82) is 5.26 Å². The molecular weight excluding hydrogens is 264 g/mol. The van der Waals surface area contributed by atoms with E-state index in [0.29, 0.717) is 6.54 Å². The van der Waals surface area contributed by atoms with E-state index in [2.05, 4.69) is 16.3 Å². The third-order valence-corrected chi connectivity index (χ3v) is 4.92. The minimum absolute atomic E-state index is 0.0222. The van der Waals surface area contributed by atoms with Gasteiger partial charge in [0.1, 0.15) is 5.54 Å². The summed E-state index contributed by atoms with van der Waals surface area (Å²) in [5.41, 5.74) is 5.41. The molecule has 1 aliphatic heterocycles. The summed E-state index contributed by atoms with van der Waals surface area (Å²) in [5, 5.41) is 12.4. The molecule has 3 N–H and O–H groups in total. The summed E-state index contributed by atoms with van der Waals surface area (Å²) < 4.78 is 0. The van der Waals surface area contributed by atoms with E-state index in [1.54, 1.807) is 0 Å². The summed E-state index contributed by atoms with van der Waals surface area (Å²) in [5.74, 6) is -0.0222. The molecule has 5 heteroatoms. The first-order valence-corrected chi connectivity index (χ1v) is 8.28. The van der Waals surface area contributed by atoms with Crippen LogP contribution in [0.4, 0.5) is 0 Å². The van der Waals surface area contributed by atoms with Gasteiger partial charge in [-0.2, -0.15) is 5.26 Å². The lowest BCUT2D eigenvalue weighted by atomic mass is 9.83. The quantitative estimate of drug-likeness (QED) is 0.823. The molecule has 1 amide bonds. The Kier molecular flexibility index (Phi) is 5.60. The minimum atomic E-state index is -0.630. The number of nitrogens with zero attached hydrogens (tertiary/aromatic N) is 2.